The lowest BCUT2D eigenvalue weighted by atomic mass is 10.1. The van der Waals surface area contributed by atoms with Gasteiger partial charge in [-0.25, -0.2) is 0 Å². The normalized spacial score (nSPS) is 11.8. The summed E-state index contributed by atoms with van der Waals surface area (Å²) >= 11 is 1.62. The van der Waals surface area contributed by atoms with Crippen molar-refractivity contribution in [3.63, 3.8) is 0 Å². The second kappa shape index (κ2) is 10.1. The van der Waals surface area contributed by atoms with E-state index < -0.39 is 0 Å². The fourth-order valence-corrected chi connectivity index (χ4v) is 3.51. The van der Waals surface area contributed by atoms with Crippen molar-refractivity contribution in [2.24, 2.45) is 0 Å². The number of rotatable bonds is 9. The maximum absolute atomic E-state index is 12.1. The molecular formula is C21H27NO2S. The van der Waals surface area contributed by atoms with Crippen molar-refractivity contribution in [2.75, 3.05) is 12.9 Å². The number of nitrogens with one attached hydrogen (secondary N) is 1. The number of amides is 1. The van der Waals surface area contributed by atoms with Crippen LogP contribution in [0.1, 0.15) is 30.0 Å². The van der Waals surface area contributed by atoms with Crippen LogP contribution in [0.5, 0.6) is 5.75 Å². The zero-order valence-corrected chi connectivity index (χ0v) is 16.1. The van der Waals surface area contributed by atoms with E-state index in [-0.39, 0.29) is 11.9 Å². The number of hydrogen-bond acceptors (Lipinski definition) is 3. The highest BCUT2D eigenvalue weighted by atomic mass is 32.2. The van der Waals surface area contributed by atoms with Crippen LogP contribution in [-0.2, 0) is 17.0 Å². The number of carbonyl (C=O) groups is 1. The molecule has 0 saturated carbocycles. The molecule has 0 unspecified atom stereocenters. The monoisotopic (exact) mass is 357 g/mol. The lowest BCUT2D eigenvalue weighted by Gasteiger charge is -2.14. The van der Waals surface area contributed by atoms with Gasteiger partial charge in [-0.1, -0.05) is 48.0 Å². The number of benzene rings is 2. The third-order valence-corrected chi connectivity index (χ3v) is 5.02. The van der Waals surface area contributed by atoms with Crippen LogP contribution in [0.15, 0.2) is 48.5 Å². The molecule has 2 aromatic rings. The predicted molar refractivity (Wildman–Crippen MR) is 106 cm³/mol. The Morgan fingerprint density at radius 1 is 1.20 bits per heavy atom. The summed E-state index contributed by atoms with van der Waals surface area (Å²) in [6, 6.07) is 16.7. The molecule has 134 valence electrons. The summed E-state index contributed by atoms with van der Waals surface area (Å²) < 4.78 is 5.38. The van der Waals surface area contributed by atoms with Crippen LogP contribution in [0.25, 0.3) is 0 Å². The molecule has 25 heavy (non-hydrogen) atoms. The molecule has 0 radical (unpaired) electrons. The van der Waals surface area contributed by atoms with Gasteiger partial charge in [-0.3, -0.25) is 4.79 Å². The first kappa shape index (κ1) is 19.4. The van der Waals surface area contributed by atoms with Gasteiger partial charge in [-0.05, 0) is 38.3 Å². The maximum Gasteiger partial charge on any atom is 0.230 e. The summed E-state index contributed by atoms with van der Waals surface area (Å²) in [7, 11) is 1.68. The van der Waals surface area contributed by atoms with E-state index in [1.165, 1.54) is 11.1 Å². The van der Waals surface area contributed by atoms with Crippen LogP contribution in [0.4, 0.5) is 0 Å². The molecule has 2 aromatic carbocycles. The van der Waals surface area contributed by atoms with E-state index >= 15 is 0 Å². The second-order valence-electron chi connectivity index (χ2n) is 6.30. The first-order valence-corrected chi connectivity index (χ1v) is 9.78. The highest BCUT2D eigenvalue weighted by Crippen LogP contribution is 2.24. The Labute approximate surface area is 155 Å². The predicted octanol–water partition coefficient (Wildman–Crippen LogP) is 4.37. The minimum Gasteiger partial charge on any atom is -0.496 e. The molecule has 2 rings (SSSR count). The van der Waals surface area contributed by atoms with Crippen LogP contribution in [0.3, 0.4) is 0 Å². The minimum atomic E-state index is 0.0946. The van der Waals surface area contributed by atoms with E-state index in [0.29, 0.717) is 5.75 Å². The average molecular weight is 358 g/mol. The summed E-state index contributed by atoms with van der Waals surface area (Å²) in [6.45, 7) is 4.13. The van der Waals surface area contributed by atoms with Crippen molar-refractivity contribution in [1.29, 1.82) is 0 Å². The summed E-state index contributed by atoms with van der Waals surface area (Å²) in [6.07, 6.45) is 1.93. The summed E-state index contributed by atoms with van der Waals surface area (Å²) in [5, 5.41) is 3.09. The minimum absolute atomic E-state index is 0.0946. The first-order valence-electron chi connectivity index (χ1n) is 8.63. The highest BCUT2D eigenvalue weighted by Gasteiger charge is 2.09. The van der Waals surface area contributed by atoms with Gasteiger partial charge < -0.3 is 10.1 Å². The molecule has 0 fully saturated rings. The number of carbonyl (C=O) groups excluding carboxylic acids is 1. The van der Waals surface area contributed by atoms with Gasteiger partial charge in [0.15, 0.2) is 0 Å². The SMILES string of the molecule is COc1ccc(C)cc1CSCC(=O)N[C@H](C)CCc1ccccc1. The Morgan fingerprint density at radius 2 is 1.96 bits per heavy atom. The fourth-order valence-electron chi connectivity index (χ4n) is 2.69. The van der Waals surface area contributed by atoms with E-state index in [1.54, 1.807) is 18.9 Å². The highest BCUT2D eigenvalue weighted by molar-refractivity contribution is 7.99. The van der Waals surface area contributed by atoms with Crippen LogP contribution in [-0.4, -0.2) is 24.8 Å². The molecule has 0 aliphatic rings. The number of methoxy groups -OCH3 is 1. The van der Waals surface area contributed by atoms with E-state index in [9.17, 15) is 4.79 Å². The zero-order chi connectivity index (χ0) is 18.1. The van der Waals surface area contributed by atoms with E-state index in [0.717, 1.165) is 29.9 Å². The molecule has 0 bridgehead atoms. The third-order valence-electron chi connectivity index (χ3n) is 4.04. The molecular weight excluding hydrogens is 330 g/mol. The Morgan fingerprint density at radius 3 is 2.68 bits per heavy atom. The van der Waals surface area contributed by atoms with E-state index in [1.807, 2.05) is 18.2 Å². The molecule has 1 atom stereocenters. The fraction of sp³-hybridized carbons (Fsp3) is 0.381. The first-order chi connectivity index (χ1) is 12.1. The Hall–Kier alpha value is -1.94. The van der Waals surface area contributed by atoms with Crippen molar-refractivity contribution in [1.82, 2.24) is 5.32 Å². The maximum atomic E-state index is 12.1. The van der Waals surface area contributed by atoms with Crippen molar-refractivity contribution >= 4 is 17.7 Å². The molecule has 1 amide bonds. The van der Waals surface area contributed by atoms with Gasteiger partial charge in [-0.15, -0.1) is 11.8 Å². The van der Waals surface area contributed by atoms with Crippen molar-refractivity contribution < 1.29 is 9.53 Å². The third kappa shape index (κ3) is 6.83. The number of ether oxygens (including phenoxy) is 1. The van der Waals surface area contributed by atoms with Gasteiger partial charge in [0.1, 0.15) is 5.75 Å². The molecule has 0 spiro atoms. The molecule has 3 nitrogen and oxygen atoms in total. The van der Waals surface area contributed by atoms with Gasteiger partial charge in [0.2, 0.25) is 5.91 Å². The Balaban J connectivity index is 1.71. The van der Waals surface area contributed by atoms with Crippen molar-refractivity contribution in [3.05, 3.63) is 65.2 Å². The number of thioether (sulfide) groups is 1. The lowest BCUT2D eigenvalue weighted by Crippen LogP contribution is -2.34. The Kier molecular flexibility index (Phi) is 7.86. The molecule has 0 saturated heterocycles. The summed E-state index contributed by atoms with van der Waals surface area (Å²) in [5.74, 6) is 2.22. The Bertz CT molecular complexity index is 673. The smallest absolute Gasteiger partial charge is 0.230 e. The van der Waals surface area contributed by atoms with E-state index in [4.69, 9.17) is 4.74 Å². The van der Waals surface area contributed by atoms with Gasteiger partial charge in [0.25, 0.3) is 0 Å². The van der Waals surface area contributed by atoms with Gasteiger partial charge in [-0.2, -0.15) is 0 Å². The van der Waals surface area contributed by atoms with Crippen LogP contribution < -0.4 is 10.1 Å². The van der Waals surface area contributed by atoms with Crippen LogP contribution in [0, 0.1) is 6.92 Å². The zero-order valence-electron chi connectivity index (χ0n) is 15.2. The molecule has 4 heteroatoms. The van der Waals surface area contributed by atoms with Gasteiger partial charge >= 0.3 is 0 Å². The molecule has 1 N–H and O–H groups in total. The van der Waals surface area contributed by atoms with Crippen molar-refractivity contribution in [2.45, 2.75) is 38.5 Å². The van der Waals surface area contributed by atoms with Crippen molar-refractivity contribution in [3.8, 4) is 5.75 Å². The summed E-state index contributed by atoms with van der Waals surface area (Å²) in [4.78, 5) is 12.1. The molecule has 0 heterocycles. The molecule has 0 aliphatic carbocycles. The van der Waals surface area contributed by atoms with Gasteiger partial charge in [0, 0.05) is 17.4 Å². The molecule has 0 aromatic heterocycles. The van der Waals surface area contributed by atoms with Crippen LogP contribution in [0.2, 0.25) is 0 Å². The van der Waals surface area contributed by atoms with E-state index in [2.05, 4.69) is 49.5 Å². The average Bonchev–Trinajstić information content (AvgIpc) is 2.61. The quantitative estimate of drug-likeness (QED) is 0.724. The second-order valence-corrected chi connectivity index (χ2v) is 7.29. The summed E-state index contributed by atoms with van der Waals surface area (Å²) in [5.41, 5.74) is 3.65. The molecule has 0 aliphatic heterocycles. The number of aryl methyl sites for hydroxylation is 2. The topological polar surface area (TPSA) is 38.3 Å². The number of hydrogen-bond donors (Lipinski definition) is 1. The largest absolute Gasteiger partial charge is 0.496 e. The lowest BCUT2D eigenvalue weighted by molar-refractivity contribution is -0.119. The standard InChI is InChI=1S/C21H27NO2S/c1-16-9-12-20(24-3)19(13-16)14-25-15-21(23)22-17(2)10-11-18-7-5-4-6-8-18/h4-9,12-13,17H,10-11,14-15H2,1-3H3,(H,22,23)/t17-/m1/s1. The van der Waals surface area contributed by atoms with Crippen LogP contribution >= 0.6 is 11.8 Å². The van der Waals surface area contributed by atoms with Gasteiger partial charge in [0.05, 0.1) is 12.9 Å².